The first-order valence-corrected chi connectivity index (χ1v) is 11.5. The van der Waals surface area contributed by atoms with Crippen molar-refractivity contribution >= 4 is 40.1 Å². The summed E-state index contributed by atoms with van der Waals surface area (Å²) in [6.07, 6.45) is 5.38. The molecule has 4 aromatic rings. The van der Waals surface area contributed by atoms with Crippen LogP contribution in [0.2, 0.25) is 5.02 Å². The number of nitrogen functional groups attached to an aromatic ring is 2. The van der Waals surface area contributed by atoms with Gasteiger partial charge in [0, 0.05) is 15.6 Å². The highest BCUT2D eigenvalue weighted by atomic mass is 35.5. The van der Waals surface area contributed by atoms with Gasteiger partial charge in [0.15, 0.2) is 19.3 Å². The van der Waals surface area contributed by atoms with E-state index in [0.717, 1.165) is 4.88 Å². The van der Waals surface area contributed by atoms with Crippen molar-refractivity contribution in [2.24, 2.45) is 0 Å². The number of rotatable bonds is 10. The zero-order chi connectivity index (χ0) is 23.2. The lowest BCUT2D eigenvalue weighted by Gasteiger charge is -2.18. The number of benzene rings is 2. The molecule has 0 fully saturated rings. The highest BCUT2D eigenvalue weighted by Crippen LogP contribution is 2.31. The normalized spacial score (nSPS) is 11.8. The molecule has 0 spiro atoms. The lowest BCUT2D eigenvalue weighted by Crippen LogP contribution is -2.37. The number of carbonyl (C=O) groups is 1. The number of thiophene rings is 1. The summed E-state index contributed by atoms with van der Waals surface area (Å²) >= 11 is 7.48. The molecule has 0 aliphatic rings. The third kappa shape index (κ3) is 6.27. The molecule has 0 saturated carbocycles. The molecular formula is C24H24ClN4O3S+. The molecule has 0 bridgehead atoms. The average Bonchev–Trinajstić information content (AvgIpc) is 3.47. The first-order chi connectivity index (χ1) is 16.0. The third-order valence-corrected chi connectivity index (χ3v) is 6.08. The van der Waals surface area contributed by atoms with Gasteiger partial charge in [0.2, 0.25) is 12.1 Å². The summed E-state index contributed by atoms with van der Waals surface area (Å²) in [4.78, 5) is 13.4. The number of ether oxygens (including phenoxy) is 2. The van der Waals surface area contributed by atoms with Crippen LogP contribution >= 0.6 is 22.9 Å². The quantitative estimate of drug-likeness (QED) is 0.261. The van der Waals surface area contributed by atoms with Gasteiger partial charge in [-0.2, -0.15) is 0 Å². The SMILES string of the molecule is Nc1ccc(OC(Cn2cc[n+](CC(=O)COc3ccc(Cl)cc3)c2)c2cccs2)c(N)c1. The molecule has 1 atom stereocenters. The van der Waals surface area contributed by atoms with Crippen LogP contribution in [0, 0.1) is 0 Å². The van der Waals surface area contributed by atoms with Gasteiger partial charge < -0.3 is 20.9 Å². The number of aromatic nitrogens is 2. The maximum absolute atomic E-state index is 12.3. The number of Topliss-reactive ketones (excluding diaryl/α,β-unsaturated/α-hetero) is 1. The van der Waals surface area contributed by atoms with Crippen molar-refractivity contribution in [1.29, 1.82) is 0 Å². The van der Waals surface area contributed by atoms with Crippen molar-refractivity contribution in [3.8, 4) is 11.5 Å². The number of ketones is 1. The van der Waals surface area contributed by atoms with Gasteiger partial charge in [0.1, 0.15) is 30.4 Å². The van der Waals surface area contributed by atoms with E-state index in [9.17, 15) is 4.79 Å². The van der Waals surface area contributed by atoms with Crippen molar-refractivity contribution in [1.82, 2.24) is 4.57 Å². The fourth-order valence-corrected chi connectivity index (χ4v) is 4.13. The minimum Gasteiger partial charge on any atom is -0.486 e. The molecule has 2 aromatic heterocycles. The summed E-state index contributed by atoms with van der Waals surface area (Å²) in [5.74, 6) is 1.14. The molecule has 1 unspecified atom stereocenters. The van der Waals surface area contributed by atoms with Crippen LogP contribution < -0.4 is 25.5 Å². The number of nitrogens with two attached hydrogens (primary N) is 2. The molecule has 0 radical (unpaired) electrons. The van der Waals surface area contributed by atoms with E-state index in [1.54, 1.807) is 53.8 Å². The molecule has 9 heteroatoms. The standard InChI is InChI=1S/C24H24ClN4O3S/c25-17-3-6-20(7-4-17)31-15-19(30)13-28-9-10-29(16-28)14-23(24-2-1-11-33-24)32-22-8-5-18(26)12-21(22)27/h1-12,16,23H,13-15,26-27H2/q+1. The molecule has 0 amide bonds. The fraction of sp³-hybridized carbons (Fsp3) is 0.167. The minimum atomic E-state index is -0.249. The first-order valence-electron chi connectivity index (χ1n) is 10.3. The van der Waals surface area contributed by atoms with Crippen LogP contribution in [0.4, 0.5) is 11.4 Å². The Kier molecular flexibility index (Phi) is 7.16. The van der Waals surface area contributed by atoms with Gasteiger partial charge in [-0.15, -0.1) is 11.3 Å². The van der Waals surface area contributed by atoms with Gasteiger partial charge >= 0.3 is 0 Å². The summed E-state index contributed by atoms with van der Waals surface area (Å²) < 4.78 is 15.6. The van der Waals surface area contributed by atoms with Gasteiger partial charge in [-0.25, -0.2) is 9.13 Å². The Morgan fingerprint density at radius 1 is 1.15 bits per heavy atom. The second-order valence-corrected chi connectivity index (χ2v) is 8.90. The van der Waals surface area contributed by atoms with E-state index in [1.165, 1.54) is 0 Å². The van der Waals surface area contributed by atoms with E-state index in [2.05, 4.69) is 0 Å². The van der Waals surface area contributed by atoms with Crippen molar-refractivity contribution in [3.05, 3.63) is 88.6 Å². The Bertz CT molecular complexity index is 1210. The zero-order valence-electron chi connectivity index (χ0n) is 17.8. The maximum atomic E-state index is 12.3. The number of halogens is 1. The van der Waals surface area contributed by atoms with E-state index < -0.39 is 0 Å². The predicted molar refractivity (Wildman–Crippen MR) is 130 cm³/mol. The van der Waals surface area contributed by atoms with Crippen LogP contribution in [-0.2, 0) is 17.9 Å². The molecule has 170 valence electrons. The van der Waals surface area contributed by atoms with Crippen LogP contribution in [-0.4, -0.2) is 17.0 Å². The third-order valence-electron chi connectivity index (χ3n) is 4.86. The minimum absolute atomic E-state index is 0.0167. The van der Waals surface area contributed by atoms with Crippen molar-refractivity contribution in [3.63, 3.8) is 0 Å². The van der Waals surface area contributed by atoms with Crippen LogP contribution in [0.25, 0.3) is 0 Å². The number of hydrogen-bond donors (Lipinski definition) is 2. The Labute approximate surface area is 200 Å². The molecule has 4 N–H and O–H groups in total. The van der Waals surface area contributed by atoms with Crippen LogP contribution in [0.1, 0.15) is 11.0 Å². The Morgan fingerprint density at radius 3 is 2.70 bits per heavy atom. The van der Waals surface area contributed by atoms with Crippen molar-refractivity contribution in [2.45, 2.75) is 19.2 Å². The smallest absolute Gasteiger partial charge is 0.244 e. The highest BCUT2D eigenvalue weighted by molar-refractivity contribution is 7.10. The first kappa shape index (κ1) is 22.7. The summed E-state index contributed by atoms with van der Waals surface area (Å²) in [7, 11) is 0. The molecule has 4 rings (SSSR count). The Balaban J connectivity index is 1.38. The highest BCUT2D eigenvalue weighted by Gasteiger charge is 2.20. The van der Waals surface area contributed by atoms with Gasteiger partial charge in [-0.3, -0.25) is 4.79 Å². The zero-order valence-corrected chi connectivity index (χ0v) is 19.3. The molecular weight excluding hydrogens is 460 g/mol. The Morgan fingerprint density at radius 2 is 1.97 bits per heavy atom. The lowest BCUT2D eigenvalue weighted by molar-refractivity contribution is -0.683. The number of hydrogen-bond acceptors (Lipinski definition) is 6. The maximum Gasteiger partial charge on any atom is 0.244 e. The monoisotopic (exact) mass is 483 g/mol. The number of carbonyl (C=O) groups excluding carboxylic acids is 1. The van der Waals surface area contributed by atoms with Gasteiger partial charge in [-0.1, -0.05) is 17.7 Å². The summed E-state index contributed by atoms with van der Waals surface area (Å²) in [6.45, 7) is 0.736. The largest absolute Gasteiger partial charge is 0.486 e. The van der Waals surface area contributed by atoms with E-state index in [1.807, 2.05) is 45.4 Å². The summed E-state index contributed by atoms with van der Waals surface area (Å²) in [5.41, 5.74) is 13.0. The predicted octanol–water partition coefficient (Wildman–Crippen LogP) is 4.12. The molecule has 0 aliphatic heterocycles. The number of imidazole rings is 1. The summed E-state index contributed by atoms with van der Waals surface area (Å²) in [5, 5.41) is 2.63. The molecule has 0 aliphatic carbocycles. The van der Waals surface area contributed by atoms with E-state index in [4.69, 9.17) is 32.5 Å². The Hall–Kier alpha value is -3.49. The molecule has 0 saturated heterocycles. The summed E-state index contributed by atoms with van der Waals surface area (Å²) in [6, 6.07) is 16.1. The molecule has 7 nitrogen and oxygen atoms in total. The molecule has 33 heavy (non-hydrogen) atoms. The molecule has 2 heterocycles. The van der Waals surface area contributed by atoms with Crippen molar-refractivity contribution in [2.75, 3.05) is 18.1 Å². The van der Waals surface area contributed by atoms with Gasteiger partial charge in [0.25, 0.3) is 0 Å². The lowest BCUT2D eigenvalue weighted by atomic mass is 10.2. The van der Waals surface area contributed by atoms with Crippen molar-refractivity contribution < 1.29 is 18.8 Å². The van der Waals surface area contributed by atoms with Gasteiger partial charge in [-0.05, 0) is 53.9 Å². The number of nitrogens with zero attached hydrogens (tertiary/aromatic N) is 2. The van der Waals surface area contributed by atoms with E-state index in [0.29, 0.717) is 34.4 Å². The molecule has 2 aromatic carbocycles. The second-order valence-electron chi connectivity index (χ2n) is 7.48. The number of anilines is 2. The van der Waals surface area contributed by atoms with Gasteiger partial charge in [0.05, 0.1) is 5.69 Å². The van der Waals surface area contributed by atoms with Crippen LogP contribution in [0.15, 0.2) is 78.7 Å². The van der Waals surface area contributed by atoms with E-state index >= 15 is 0 Å². The van der Waals surface area contributed by atoms with E-state index in [-0.39, 0.29) is 25.0 Å². The average molecular weight is 484 g/mol. The van der Waals surface area contributed by atoms with Crippen LogP contribution in [0.5, 0.6) is 11.5 Å². The second kappa shape index (κ2) is 10.4. The van der Waals surface area contributed by atoms with Crippen LogP contribution in [0.3, 0.4) is 0 Å². The topological polar surface area (TPSA) is 96.4 Å². The fourth-order valence-electron chi connectivity index (χ4n) is 3.26.